The summed E-state index contributed by atoms with van der Waals surface area (Å²) in [7, 11) is 0. The Bertz CT molecular complexity index is 165. The highest BCUT2D eigenvalue weighted by Gasteiger charge is 2.35. The molecule has 1 saturated carbocycles. The van der Waals surface area contributed by atoms with Crippen LogP contribution in [0.1, 0.15) is 39.0 Å². The average Bonchev–Trinajstić information content (AvgIpc) is 3.06. The maximum Gasteiger partial charge on any atom is 0.0499 e. The summed E-state index contributed by atoms with van der Waals surface area (Å²) in [5.41, 5.74) is 5.78. The van der Waals surface area contributed by atoms with E-state index in [1.165, 1.54) is 12.8 Å². The van der Waals surface area contributed by atoms with Crippen molar-refractivity contribution in [3.05, 3.63) is 0 Å². The maximum absolute atomic E-state index is 9.49. The molecule has 0 aliphatic heterocycles. The Morgan fingerprint density at radius 2 is 2.20 bits per heavy atom. The standard InChI is InChI=1S/C12H25NO2/c1-2-15-7-3-6-12(9-13,10-14)8-11-4-5-11/h11,14H,2-10,13H2,1H3. The summed E-state index contributed by atoms with van der Waals surface area (Å²) in [6.45, 7) is 4.41. The van der Waals surface area contributed by atoms with Crippen LogP contribution in [0.2, 0.25) is 0 Å². The predicted octanol–water partition coefficient (Wildman–Crippen LogP) is 1.54. The van der Waals surface area contributed by atoms with Gasteiger partial charge in [0.05, 0.1) is 0 Å². The molecule has 0 aromatic carbocycles. The van der Waals surface area contributed by atoms with Crippen molar-refractivity contribution in [3.8, 4) is 0 Å². The lowest BCUT2D eigenvalue weighted by Gasteiger charge is -2.30. The van der Waals surface area contributed by atoms with Crippen LogP contribution in [0.15, 0.2) is 0 Å². The number of ether oxygens (including phenoxy) is 1. The first kappa shape index (κ1) is 12.9. The first-order valence-corrected chi connectivity index (χ1v) is 6.15. The van der Waals surface area contributed by atoms with Crippen molar-refractivity contribution in [2.45, 2.75) is 39.0 Å². The molecule has 0 bridgehead atoms. The second-order valence-corrected chi connectivity index (χ2v) is 4.81. The Hall–Kier alpha value is -0.120. The molecule has 3 nitrogen and oxygen atoms in total. The minimum Gasteiger partial charge on any atom is -0.396 e. The molecule has 1 atom stereocenters. The molecule has 1 rings (SSSR count). The van der Waals surface area contributed by atoms with Crippen LogP contribution in [-0.2, 0) is 4.74 Å². The molecule has 90 valence electrons. The van der Waals surface area contributed by atoms with Gasteiger partial charge in [0, 0.05) is 31.8 Å². The largest absolute Gasteiger partial charge is 0.396 e. The van der Waals surface area contributed by atoms with Gasteiger partial charge in [0.15, 0.2) is 0 Å². The Morgan fingerprint density at radius 1 is 1.47 bits per heavy atom. The van der Waals surface area contributed by atoms with Crippen LogP contribution < -0.4 is 5.73 Å². The predicted molar refractivity (Wildman–Crippen MR) is 61.6 cm³/mol. The lowest BCUT2D eigenvalue weighted by Crippen LogP contribution is -2.35. The fourth-order valence-electron chi connectivity index (χ4n) is 2.12. The summed E-state index contributed by atoms with van der Waals surface area (Å²) in [6, 6.07) is 0. The second kappa shape index (κ2) is 6.46. The third kappa shape index (κ3) is 4.49. The van der Waals surface area contributed by atoms with Gasteiger partial charge in [-0.25, -0.2) is 0 Å². The van der Waals surface area contributed by atoms with E-state index in [1.54, 1.807) is 0 Å². The molecule has 0 amide bonds. The number of rotatable bonds is 9. The molecule has 1 aliphatic carbocycles. The average molecular weight is 215 g/mol. The van der Waals surface area contributed by atoms with Crippen LogP contribution >= 0.6 is 0 Å². The van der Waals surface area contributed by atoms with Crippen molar-refractivity contribution in [3.63, 3.8) is 0 Å². The van der Waals surface area contributed by atoms with Crippen molar-refractivity contribution >= 4 is 0 Å². The van der Waals surface area contributed by atoms with Crippen LogP contribution in [-0.4, -0.2) is 31.5 Å². The summed E-state index contributed by atoms with van der Waals surface area (Å²) in [5, 5.41) is 9.49. The molecule has 15 heavy (non-hydrogen) atoms. The lowest BCUT2D eigenvalue weighted by atomic mass is 9.79. The monoisotopic (exact) mass is 215 g/mol. The van der Waals surface area contributed by atoms with Gasteiger partial charge in [0.25, 0.3) is 0 Å². The Morgan fingerprint density at radius 3 is 2.67 bits per heavy atom. The maximum atomic E-state index is 9.49. The zero-order chi connectivity index (χ0) is 11.1. The van der Waals surface area contributed by atoms with Crippen molar-refractivity contribution in [2.24, 2.45) is 17.1 Å². The van der Waals surface area contributed by atoms with E-state index in [-0.39, 0.29) is 12.0 Å². The van der Waals surface area contributed by atoms with Gasteiger partial charge in [-0.2, -0.15) is 0 Å². The van der Waals surface area contributed by atoms with Crippen LogP contribution in [0.25, 0.3) is 0 Å². The van der Waals surface area contributed by atoms with Gasteiger partial charge in [0.2, 0.25) is 0 Å². The van der Waals surface area contributed by atoms with Crippen molar-refractivity contribution < 1.29 is 9.84 Å². The van der Waals surface area contributed by atoms with Gasteiger partial charge >= 0.3 is 0 Å². The van der Waals surface area contributed by atoms with Crippen LogP contribution in [0.3, 0.4) is 0 Å². The molecule has 1 unspecified atom stereocenters. The molecule has 0 heterocycles. The second-order valence-electron chi connectivity index (χ2n) is 4.81. The van der Waals surface area contributed by atoms with E-state index in [1.807, 2.05) is 6.92 Å². The Labute approximate surface area is 93.0 Å². The molecule has 1 aliphatic rings. The normalized spacial score (nSPS) is 20.2. The van der Waals surface area contributed by atoms with Crippen LogP contribution in [0, 0.1) is 11.3 Å². The topological polar surface area (TPSA) is 55.5 Å². The molecule has 0 aromatic rings. The summed E-state index contributed by atoms with van der Waals surface area (Å²) in [6.07, 6.45) is 5.77. The first-order valence-electron chi connectivity index (χ1n) is 6.15. The van der Waals surface area contributed by atoms with Crippen molar-refractivity contribution in [1.82, 2.24) is 0 Å². The van der Waals surface area contributed by atoms with Crippen LogP contribution in [0.4, 0.5) is 0 Å². The van der Waals surface area contributed by atoms with E-state index >= 15 is 0 Å². The third-order valence-electron chi connectivity index (χ3n) is 3.39. The highest BCUT2D eigenvalue weighted by Crippen LogP contribution is 2.41. The number of aliphatic hydroxyl groups is 1. The fourth-order valence-corrected chi connectivity index (χ4v) is 2.12. The molecule has 1 fully saturated rings. The first-order chi connectivity index (χ1) is 7.26. The Kier molecular flexibility index (Phi) is 5.58. The van der Waals surface area contributed by atoms with Crippen molar-refractivity contribution in [1.29, 1.82) is 0 Å². The van der Waals surface area contributed by atoms with Gasteiger partial charge < -0.3 is 15.6 Å². The van der Waals surface area contributed by atoms with E-state index in [2.05, 4.69) is 0 Å². The summed E-state index contributed by atoms with van der Waals surface area (Å²) in [5.74, 6) is 0.827. The molecular weight excluding hydrogens is 190 g/mol. The van der Waals surface area contributed by atoms with E-state index in [0.717, 1.165) is 38.4 Å². The quantitative estimate of drug-likeness (QED) is 0.574. The third-order valence-corrected chi connectivity index (χ3v) is 3.39. The Balaban J connectivity index is 2.26. The van der Waals surface area contributed by atoms with Gasteiger partial charge in [-0.15, -0.1) is 0 Å². The molecule has 0 aromatic heterocycles. The van der Waals surface area contributed by atoms with Gasteiger partial charge in [-0.3, -0.25) is 0 Å². The number of aliphatic hydroxyl groups excluding tert-OH is 1. The fraction of sp³-hybridized carbons (Fsp3) is 1.00. The molecule has 0 spiro atoms. The zero-order valence-electron chi connectivity index (χ0n) is 9.87. The van der Waals surface area contributed by atoms with E-state index in [9.17, 15) is 5.11 Å². The summed E-state index contributed by atoms with van der Waals surface area (Å²) >= 11 is 0. The van der Waals surface area contributed by atoms with Gasteiger partial charge in [-0.1, -0.05) is 12.8 Å². The minimum atomic E-state index is -0.0295. The molecule has 0 saturated heterocycles. The smallest absolute Gasteiger partial charge is 0.0499 e. The van der Waals surface area contributed by atoms with E-state index in [0.29, 0.717) is 6.54 Å². The molecule has 3 heteroatoms. The highest BCUT2D eigenvalue weighted by molar-refractivity contribution is 4.87. The lowest BCUT2D eigenvalue weighted by molar-refractivity contribution is 0.0823. The van der Waals surface area contributed by atoms with Crippen molar-refractivity contribution in [2.75, 3.05) is 26.4 Å². The van der Waals surface area contributed by atoms with Crippen LogP contribution in [0.5, 0.6) is 0 Å². The number of nitrogens with two attached hydrogens (primary N) is 1. The number of hydrogen-bond acceptors (Lipinski definition) is 3. The summed E-state index contributed by atoms with van der Waals surface area (Å²) in [4.78, 5) is 0. The number of hydrogen-bond donors (Lipinski definition) is 2. The van der Waals surface area contributed by atoms with Gasteiger partial charge in [-0.05, 0) is 32.1 Å². The SMILES string of the molecule is CCOCCCC(CN)(CO)CC1CC1. The minimum absolute atomic E-state index is 0.0295. The molecule has 0 radical (unpaired) electrons. The van der Waals surface area contributed by atoms with Gasteiger partial charge in [0.1, 0.15) is 0 Å². The zero-order valence-corrected chi connectivity index (χ0v) is 9.87. The molecule has 3 N–H and O–H groups in total. The van der Waals surface area contributed by atoms with E-state index < -0.39 is 0 Å². The molecular formula is C12H25NO2. The highest BCUT2D eigenvalue weighted by atomic mass is 16.5. The van der Waals surface area contributed by atoms with E-state index in [4.69, 9.17) is 10.5 Å². The summed E-state index contributed by atoms with van der Waals surface area (Å²) < 4.78 is 5.32.